The van der Waals surface area contributed by atoms with E-state index < -0.39 is 15.6 Å². The molecule has 1 aromatic rings. The summed E-state index contributed by atoms with van der Waals surface area (Å²) < 4.78 is 39.2. The number of nitrogens with zero attached hydrogens (tertiary/aromatic N) is 2. The van der Waals surface area contributed by atoms with E-state index in [0.29, 0.717) is 37.6 Å². The van der Waals surface area contributed by atoms with Crippen molar-refractivity contribution in [2.45, 2.75) is 55.0 Å². The zero-order valence-electron chi connectivity index (χ0n) is 15.8. The van der Waals surface area contributed by atoms with Gasteiger partial charge >= 0.3 is 0 Å². The Bertz CT molecular complexity index is 852. The van der Waals surface area contributed by atoms with Crippen LogP contribution in [0.4, 0.5) is 0 Å². The van der Waals surface area contributed by atoms with E-state index in [9.17, 15) is 13.2 Å². The van der Waals surface area contributed by atoms with Gasteiger partial charge in [0.1, 0.15) is 21.9 Å². The molecule has 0 aromatic heterocycles. The highest BCUT2D eigenvalue weighted by molar-refractivity contribution is 7.89. The first kappa shape index (κ1) is 18.6. The zero-order valence-corrected chi connectivity index (χ0v) is 16.6. The molecule has 1 spiro atoms. The number of methoxy groups -OCH3 is 2. The summed E-state index contributed by atoms with van der Waals surface area (Å²) in [6.45, 7) is 1.09. The zero-order chi connectivity index (χ0) is 19.2. The molecule has 1 atom stereocenters. The van der Waals surface area contributed by atoms with Crippen molar-refractivity contribution in [3.63, 3.8) is 0 Å². The first-order valence-electron chi connectivity index (χ1n) is 9.50. The maximum absolute atomic E-state index is 13.6. The second-order valence-corrected chi connectivity index (χ2v) is 9.39. The summed E-state index contributed by atoms with van der Waals surface area (Å²) in [5.41, 5.74) is -0.951. The van der Waals surface area contributed by atoms with Gasteiger partial charge in [-0.3, -0.25) is 4.79 Å². The number of sulfonamides is 1. The van der Waals surface area contributed by atoms with Crippen molar-refractivity contribution in [3.05, 3.63) is 18.2 Å². The average Bonchev–Trinajstić information content (AvgIpc) is 3.43. The Morgan fingerprint density at radius 2 is 1.78 bits per heavy atom. The van der Waals surface area contributed by atoms with Gasteiger partial charge in [-0.2, -0.15) is 4.31 Å². The SMILES string of the molecule is COc1ccc(OC)c(S(=O)(=O)N2CCCC23CCCN(C2CC2)C3=O)c1. The van der Waals surface area contributed by atoms with Crippen LogP contribution in [0.25, 0.3) is 0 Å². The predicted octanol–water partition coefficient (Wildman–Crippen LogP) is 2.01. The van der Waals surface area contributed by atoms with Crippen LogP contribution in [0, 0.1) is 0 Å². The molecule has 148 valence electrons. The fourth-order valence-corrected chi connectivity index (χ4v) is 6.52. The number of hydrogen-bond acceptors (Lipinski definition) is 5. The second kappa shape index (κ2) is 6.67. The van der Waals surface area contributed by atoms with Crippen LogP contribution in [0.3, 0.4) is 0 Å². The topological polar surface area (TPSA) is 76.2 Å². The first-order chi connectivity index (χ1) is 12.9. The summed E-state index contributed by atoms with van der Waals surface area (Å²) in [6.07, 6.45) is 4.75. The quantitative estimate of drug-likeness (QED) is 0.764. The van der Waals surface area contributed by atoms with Gasteiger partial charge in [-0.1, -0.05) is 0 Å². The number of carbonyl (C=O) groups excluding carboxylic acids is 1. The standard InChI is InChI=1S/C19H26N2O5S/c1-25-15-7-8-16(26-2)17(13-15)27(23,24)21-12-4-10-19(21)9-3-11-20(18(19)22)14-5-6-14/h7-8,13-14H,3-6,9-12H2,1-2H3. The van der Waals surface area contributed by atoms with Gasteiger partial charge in [0.25, 0.3) is 0 Å². The van der Waals surface area contributed by atoms with Crippen molar-refractivity contribution in [1.82, 2.24) is 9.21 Å². The number of likely N-dealkylation sites (tertiary alicyclic amines) is 1. The number of amides is 1. The Balaban J connectivity index is 1.76. The molecule has 0 N–H and O–H groups in total. The number of carbonyl (C=O) groups is 1. The summed E-state index contributed by atoms with van der Waals surface area (Å²) in [6, 6.07) is 5.03. The van der Waals surface area contributed by atoms with E-state index in [1.165, 1.54) is 24.6 Å². The summed E-state index contributed by atoms with van der Waals surface area (Å²) in [4.78, 5) is 15.3. The molecule has 0 radical (unpaired) electrons. The molecular formula is C19H26N2O5S. The monoisotopic (exact) mass is 394 g/mol. The third kappa shape index (κ3) is 2.89. The molecule has 27 heavy (non-hydrogen) atoms. The van der Waals surface area contributed by atoms with E-state index in [1.54, 1.807) is 12.1 Å². The smallest absolute Gasteiger partial charge is 0.247 e. The molecule has 8 heteroatoms. The highest BCUT2D eigenvalue weighted by Gasteiger charge is 2.57. The predicted molar refractivity (Wildman–Crippen MR) is 99.4 cm³/mol. The molecule has 1 saturated carbocycles. The molecule has 3 fully saturated rings. The fraction of sp³-hybridized carbons (Fsp3) is 0.632. The van der Waals surface area contributed by atoms with E-state index >= 15 is 0 Å². The lowest BCUT2D eigenvalue weighted by molar-refractivity contribution is -0.145. The Morgan fingerprint density at radius 1 is 1.07 bits per heavy atom. The Labute approximate surface area is 160 Å². The minimum Gasteiger partial charge on any atom is -0.497 e. The molecule has 0 bridgehead atoms. The van der Waals surface area contributed by atoms with Crippen LogP contribution in [0.5, 0.6) is 11.5 Å². The first-order valence-corrected chi connectivity index (χ1v) is 10.9. The molecule has 1 aliphatic carbocycles. The summed E-state index contributed by atoms with van der Waals surface area (Å²) in [5.74, 6) is 0.691. The Kier molecular flexibility index (Phi) is 4.58. The van der Waals surface area contributed by atoms with Gasteiger partial charge < -0.3 is 14.4 Å². The van der Waals surface area contributed by atoms with Crippen molar-refractivity contribution in [1.29, 1.82) is 0 Å². The third-order valence-corrected chi connectivity index (χ3v) is 7.99. The average molecular weight is 394 g/mol. The van der Waals surface area contributed by atoms with E-state index in [2.05, 4.69) is 0 Å². The Hall–Kier alpha value is -1.80. The lowest BCUT2D eigenvalue weighted by atomic mass is 9.86. The van der Waals surface area contributed by atoms with E-state index in [-0.39, 0.29) is 16.6 Å². The molecule has 2 saturated heterocycles. The van der Waals surface area contributed by atoms with E-state index in [4.69, 9.17) is 9.47 Å². The number of benzene rings is 1. The third-order valence-electron chi connectivity index (χ3n) is 6.00. The maximum atomic E-state index is 13.6. The number of ether oxygens (including phenoxy) is 2. The van der Waals surface area contributed by atoms with Crippen LogP contribution >= 0.6 is 0 Å². The highest BCUT2D eigenvalue weighted by atomic mass is 32.2. The maximum Gasteiger partial charge on any atom is 0.247 e. The van der Waals surface area contributed by atoms with E-state index in [0.717, 1.165) is 25.8 Å². The minimum atomic E-state index is -3.90. The van der Waals surface area contributed by atoms with Crippen molar-refractivity contribution in [3.8, 4) is 11.5 Å². The largest absolute Gasteiger partial charge is 0.497 e. The van der Waals surface area contributed by atoms with Gasteiger partial charge in [0.05, 0.1) is 14.2 Å². The van der Waals surface area contributed by atoms with E-state index in [1.807, 2.05) is 4.90 Å². The summed E-state index contributed by atoms with van der Waals surface area (Å²) in [7, 11) is -0.963. The van der Waals surface area contributed by atoms with Gasteiger partial charge in [0, 0.05) is 25.2 Å². The molecule has 3 aliphatic rings. The van der Waals surface area contributed by atoms with Crippen molar-refractivity contribution in [2.24, 2.45) is 0 Å². The molecule has 1 amide bonds. The molecule has 2 heterocycles. The van der Waals surface area contributed by atoms with Crippen LogP contribution < -0.4 is 9.47 Å². The van der Waals surface area contributed by atoms with Crippen molar-refractivity contribution >= 4 is 15.9 Å². The van der Waals surface area contributed by atoms with Gasteiger partial charge in [-0.25, -0.2) is 8.42 Å². The van der Waals surface area contributed by atoms with Gasteiger partial charge in [0.2, 0.25) is 15.9 Å². The van der Waals surface area contributed by atoms with Gasteiger partial charge in [-0.05, 0) is 50.7 Å². The number of piperidine rings is 1. The molecule has 1 unspecified atom stereocenters. The molecule has 4 rings (SSSR count). The van der Waals surface area contributed by atoms with Crippen molar-refractivity contribution in [2.75, 3.05) is 27.3 Å². The summed E-state index contributed by atoms with van der Waals surface area (Å²) in [5, 5.41) is 0. The van der Waals surface area contributed by atoms with Gasteiger partial charge in [0.15, 0.2) is 0 Å². The van der Waals surface area contributed by atoms with Crippen LogP contribution in [0.15, 0.2) is 23.1 Å². The van der Waals surface area contributed by atoms with Crippen LogP contribution in [-0.2, 0) is 14.8 Å². The Morgan fingerprint density at radius 3 is 2.41 bits per heavy atom. The van der Waals surface area contributed by atoms with Crippen molar-refractivity contribution < 1.29 is 22.7 Å². The molecule has 1 aromatic carbocycles. The highest BCUT2D eigenvalue weighted by Crippen LogP contribution is 2.45. The number of hydrogen-bond donors (Lipinski definition) is 0. The molecular weight excluding hydrogens is 368 g/mol. The second-order valence-electron chi connectivity index (χ2n) is 7.56. The minimum absolute atomic E-state index is 0.0146. The summed E-state index contributed by atoms with van der Waals surface area (Å²) >= 11 is 0. The van der Waals surface area contributed by atoms with Crippen LogP contribution in [0.1, 0.15) is 38.5 Å². The normalized spacial score (nSPS) is 26.6. The molecule has 2 aliphatic heterocycles. The number of rotatable bonds is 5. The van der Waals surface area contributed by atoms with Crippen LogP contribution in [-0.4, -0.2) is 62.4 Å². The fourth-order valence-electron chi connectivity index (χ4n) is 4.52. The lowest BCUT2D eigenvalue weighted by Gasteiger charge is -2.44. The molecule has 7 nitrogen and oxygen atoms in total. The van der Waals surface area contributed by atoms with Gasteiger partial charge in [-0.15, -0.1) is 0 Å². The van der Waals surface area contributed by atoms with Crippen LogP contribution in [0.2, 0.25) is 0 Å². The lowest BCUT2D eigenvalue weighted by Crippen LogP contribution is -2.61.